The summed E-state index contributed by atoms with van der Waals surface area (Å²) in [5.74, 6) is 0.341. The Labute approximate surface area is 175 Å². The van der Waals surface area contributed by atoms with Crippen molar-refractivity contribution in [1.82, 2.24) is 0 Å². The molecule has 154 valence electrons. The fourth-order valence-electron chi connectivity index (χ4n) is 3.01. The maximum atomic E-state index is 12.8. The molecule has 0 spiro atoms. The van der Waals surface area contributed by atoms with Crippen LogP contribution in [-0.4, -0.2) is 25.5 Å². The molecule has 0 aliphatic carbocycles. The molecule has 2 amide bonds. The first-order valence-corrected chi connectivity index (χ1v) is 9.51. The van der Waals surface area contributed by atoms with Crippen LogP contribution in [0.15, 0.2) is 66.7 Å². The van der Waals surface area contributed by atoms with Crippen molar-refractivity contribution in [2.45, 2.75) is 13.8 Å². The number of carbonyl (C=O) groups excluding carboxylic acids is 2. The van der Waals surface area contributed by atoms with Crippen LogP contribution in [0.1, 0.15) is 21.5 Å². The Morgan fingerprint density at radius 3 is 2.30 bits per heavy atom. The van der Waals surface area contributed by atoms with Gasteiger partial charge in [-0.3, -0.25) is 9.59 Å². The Bertz CT molecular complexity index is 1040. The zero-order chi connectivity index (χ0) is 21.5. The van der Waals surface area contributed by atoms with Gasteiger partial charge in [-0.25, -0.2) is 0 Å². The molecule has 0 bridgehead atoms. The standard InChI is InChI=1S/C24H24N2O4/c1-16-8-6-9-17(2)23(16)26-24(28)20-12-4-5-13-21(20)30-15-22(27)25-18-10-7-11-19(14-18)29-3/h4-14H,15H2,1-3H3,(H,25,27)(H,26,28). The number of amides is 2. The second kappa shape index (κ2) is 9.60. The lowest BCUT2D eigenvalue weighted by Crippen LogP contribution is -2.21. The number of hydrogen-bond donors (Lipinski definition) is 2. The van der Waals surface area contributed by atoms with Crippen LogP contribution in [0.5, 0.6) is 11.5 Å². The summed E-state index contributed by atoms with van der Waals surface area (Å²) in [6, 6.07) is 19.7. The average Bonchev–Trinajstić information content (AvgIpc) is 2.75. The van der Waals surface area contributed by atoms with Gasteiger partial charge in [-0.2, -0.15) is 0 Å². The van der Waals surface area contributed by atoms with Crippen LogP contribution in [0, 0.1) is 13.8 Å². The van der Waals surface area contributed by atoms with Gasteiger partial charge in [0, 0.05) is 17.4 Å². The van der Waals surface area contributed by atoms with E-state index in [0.717, 1.165) is 16.8 Å². The molecule has 0 unspecified atom stereocenters. The van der Waals surface area contributed by atoms with Crippen LogP contribution in [-0.2, 0) is 4.79 Å². The van der Waals surface area contributed by atoms with E-state index in [9.17, 15) is 9.59 Å². The van der Waals surface area contributed by atoms with Gasteiger partial charge in [0.1, 0.15) is 11.5 Å². The molecule has 0 atom stereocenters. The van der Waals surface area contributed by atoms with E-state index in [-0.39, 0.29) is 18.4 Å². The normalized spacial score (nSPS) is 10.2. The van der Waals surface area contributed by atoms with E-state index in [0.29, 0.717) is 22.7 Å². The topological polar surface area (TPSA) is 76.7 Å². The van der Waals surface area contributed by atoms with Gasteiger partial charge in [0.05, 0.1) is 12.7 Å². The summed E-state index contributed by atoms with van der Waals surface area (Å²) < 4.78 is 10.8. The third-order valence-corrected chi connectivity index (χ3v) is 4.56. The quantitative estimate of drug-likeness (QED) is 0.604. The van der Waals surface area contributed by atoms with Gasteiger partial charge >= 0.3 is 0 Å². The van der Waals surface area contributed by atoms with E-state index in [1.54, 1.807) is 55.6 Å². The monoisotopic (exact) mass is 404 g/mol. The molecule has 0 aliphatic heterocycles. The molecule has 3 aromatic carbocycles. The van der Waals surface area contributed by atoms with E-state index in [2.05, 4.69) is 10.6 Å². The highest BCUT2D eigenvalue weighted by Gasteiger charge is 2.15. The molecule has 2 N–H and O–H groups in total. The minimum absolute atomic E-state index is 0.231. The summed E-state index contributed by atoms with van der Waals surface area (Å²) in [4.78, 5) is 25.1. The van der Waals surface area contributed by atoms with Crippen molar-refractivity contribution in [1.29, 1.82) is 0 Å². The van der Waals surface area contributed by atoms with Crippen LogP contribution in [0.3, 0.4) is 0 Å². The molecular formula is C24H24N2O4. The van der Waals surface area contributed by atoms with Crippen LogP contribution in [0.25, 0.3) is 0 Å². The van der Waals surface area contributed by atoms with Gasteiger partial charge < -0.3 is 20.1 Å². The predicted octanol–water partition coefficient (Wildman–Crippen LogP) is 4.58. The number of aryl methyl sites for hydroxylation is 2. The Morgan fingerprint density at radius 2 is 1.57 bits per heavy atom. The van der Waals surface area contributed by atoms with Crippen molar-refractivity contribution < 1.29 is 19.1 Å². The van der Waals surface area contributed by atoms with E-state index in [1.165, 1.54) is 0 Å². The van der Waals surface area contributed by atoms with Crippen molar-refractivity contribution in [2.24, 2.45) is 0 Å². The summed E-state index contributed by atoms with van der Waals surface area (Å²) >= 11 is 0. The average molecular weight is 404 g/mol. The second-order valence-electron chi connectivity index (χ2n) is 6.79. The predicted molar refractivity (Wildman–Crippen MR) is 117 cm³/mol. The summed E-state index contributed by atoms with van der Waals surface area (Å²) in [5, 5.41) is 5.69. The van der Waals surface area contributed by atoms with E-state index < -0.39 is 0 Å². The van der Waals surface area contributed by atoms with Gasteiger partial charge in [0.15, 0.2) is 6.61 Å². The number of benzene rings is 3. The highest BCUT2D eigenvalue weighted by Crippen LogP contribution is 2.24. The van der Waals surface area contributed by atoms with Crippen molar-refractivity contribution in [3.63, 3.8) is 0 Å². The molecule has 30 heavy (non-hydrogen) atoms. The molecule has 0 saturated carbocycles. The number of nitrogens with one attached hydrogen (secondary N) is 2. The van der Waals surface area contributed by atoms with Crippen LogP contribution in [0.4, 0.5) is 11.4 Å². The molecule has 6 heteroatoms. The first kappa shape index (κ1) is 20.9. The molecule has 3 rings (SSSR count). The molecule has 3 aromatic rings. The Hall–Kier alpha value is -3.80. The summed E-state index contributed by atoms with van der Waals surface area (Å²) in [5.41, 5.74) is 3.67. The summed E-state index contributed by atoms with van der Waals surface area (Å²) in [7, 11) is 1.56. The lowest BCUT2D eigenvalue weighted by Gasteiger charge is -2.14. The minimum Gasteiger partial charge on any atom is -0.497 e. The molecular weight excluding hydrogens is 380 g/mol. The van der Waals surface area contributed by atoms with Gasteiger partial charge in [-0.05, 0) is 49.2 Å². The third-order valence-electron chi connectivity index (χ3n) is 4.56. The molecule has 0 radical (unpaired) electrons. The minimum atomic E-state index is -0.340. The number of hydrogen-bond acceptors (Lipinski definition) is 4. The zero-order valence-electron chi connectivity index (χ0n) is 17.2. The number of para-hydroxylation sites is 2. The van der Waals surface area contributed by atoms with Crippen molar-refractivity contribution in [3.8, 4) is 11.5 Å². The second-order valence-corrected chi connectivity index (χ2v) is 6.79. The smallest absolute Gasteiger partial charge is 0.262 e. The number of anilines is 2. The summed E-state index contributed by atoms with van der Waals surface area (Å²) in [6.07, 6.45) is 0. The van der Waals surface area contributed by atoms with Gasteiger partial charge in [0.2, 0.25) is 0 Å². The number of carbonyl (C=O) groups is 2. The molecule has 6 nitrogen and oxygen atoms in total. The highest BCUT2D eigenvalue weighted by molar-refractivity contribution is 6.07. The van der Waals surface area contributed by atoms with Crippen LogP contribution in [0.2, 0.25) is 0 Å². The fourth-order valence-corrected chi connectivity index (χ4v) is 3.01. The lowest BCUT2D eigenvalue weighted by atomic mass is 10.1. The maximum Gasteiger partial charge on any atom is 0.262 e. The highest BCUT2D eigenvalue weighted by atomic mass is 16.5. The van der Waals surface area contributed by atoms with Gasteiger partial charge in [-0.15, -0.1) is 0 Å². The number of methoxy groups -OCH3 is 1. The molecule has 0 aliphatic rings. The van der Waals surface area contributed by atoms with E-state index in [1.807, 2.05) is 32.0 Å². The largest absolute Gasteiger partial charge is 0.497 e. The van der Waals surface area contributed by atoms with Gasteiger partial charge in [0.25, 0.3) is 11.8 Å². The molecule has 0 fully saturated rings. The maximum absolute atomic E-state index is 12.8. The molecule has 0 heterocycles. The van der Waals surface area contributed by atoms with E-state index >= 15 is 0 Å². The zero-order valence-corrected chi connectivity index (χ0v) is 17.2. The fraction of sp³-hybridized carbons (Fsp3) is 0.167. The summed E-state index contributed by atoms with van der Waals surface area (Å²) in [6.45, 7) is 3.65. The Morgan fingerprint density at radius 1 is 0.867 bits per heavy atom. The Kier molecular flexibility index (Phi) is 6.70. The lowest BCUT2D eigenvalue weighted by molar-refractivity contribution is -0.118. The first-order valence-electron chi connectivity index (χ1n) is 9.51. The van der Waals surface area contributed by atoms with Crippen LogP contribution < -0.4 is 20.1 Å². The van der Waals surface area contributed by atoms with Crippen LogP contribution >= 0.6 is 0 Å². The number of ether oxygens (including phenoxy) is 2. The Balaban J connectivity index is 1.67. The van der Waals surface area contributed by atoms with E-state index in [4.69, 9.17) is 9.47 Å². The number of rotatable bonds is 7. The van der Waals surface area contributed by atoms with Crippen molar-refractivity contribution in [2.75, 3.05) is 24.4 Å². The first-order chi connectivity index (χ1) is 14.5. The van der Waals surface area contributed by atoms with Gasteiger partial charge in [-0.1, -0.05) is 36.4 Å². The molecule has 0 aromatic heterocycles. The van der Waals surface area contributed by atoms with Crippen molar-refractivity contribution >= 4 is 23.2 Å². The molecule has 0 saturated heterocycles. The van der Waals surface area contributed by atoms with Crippen molar-refractivity contribution in [3.05, 3.63) is 83.4 Å². The SMILES string of the molecule is COc1cccc(NC(=O)COc2ccccc2C(=O)Nc2c(C)cccc2C)c1. The third kappa shape index (κ3) is 5.17.